The fraction of sp³-hybridized carbons (Fsp3) is 1.00. The normalized spacial score (nSPS) is 44.3. The molecular formula is C16H29N. The summed E-state index contributed by atoms with van der Waals surface area (Å²) in [5.41, 5.74) is 6.68. The van der Waals surface area contributed by atoms with Gasteiger partial charge in [0.05, 0.1) is 0 Å². The Morgan fingerprint density at radius 1 is 0.882 bits per heavy atom. The molecule has 0 radical (unpaired) electrons. The highest BCUT2D eigenvalue weighted by Gasteiger charge is 2.53. The lowest BCUT2D eigenvalue weighted by Crippen LogP contribution is -2.53. The van der Waals surface area contributed by atoms with Crippen molar-refractivity contribution in [3.8, 4) is 0 Å². The first-order chi connectivity index (χ1) is 8.22. The molecular weight excluding hydrogens is 206 g/mol. The topological polar surface area (TPSA) is 26.0 Å². The van der Waals surface area contributed by atoms with Crippen molar-refractivity contribution in [2.45, 2.75) is 58.8 Å². The van der Waals surface area contributed by atoms with Crippen molar-refractivity contribution in [3.63, 3.8) is 0 Å². The van der Waals surface area contributed by atoms with Gasteiger partial charge in [-0.2, -0.15) is 0 Å². The maximum absolute atomic E-state index is 6.21. The van der Waals surface area contributed by atoms with Gasteiger partial charge in [0, 0.05) is 0 Å². The summed E-state index contributed by atoms with van der Waals surface area (Å²) in [6.45, 7) is 5.68. The number of nitrogens with two attached hydrogens (primary N) is 1. The molecule has 0 atom stereocenters. The third-order valence-electron chi connectivity index (χ3n) is 6.75. The molecule has 0 aromatic carbocycles. The molecule has 0 aliphatic heterocycles. The molecule has 0 aromatic rings. The summed E-state index contributed by atoms with van der Waals surface area (Å²) in [4.78, 5) is 0. The zero-order valence-corrected chi connectivity index (χ0v) is 11.6. The van der Waals surface area contributed by atoms with Crippen LogP contribution in [-0.4, -0.2) is 6.54 Å². The summed E-state index contributed by atoms with van der Waals surface area (Å²) in [6, 6.07) is 0. The van der Waals surface area contributed by atoms with Gasteiger partial charge in [0.1, 0.15) is 0 Å². The van der Waals surface area contributed by atoms with Crippen LogP contribution in [0.1, 0.15) is 58.8 Å². The SMILES string of the molecule is CCC(CC)(CN)C1C2CC3CC(C2)CC1C3. The highest BCUT2D eigenvalue weighted by Crippen LogP contribution is 2.61. The monoisotopic (exact) mass is 235 g/mol. The van der Waals surface area contributed by atoms with Crippen LogP contribution in [0.5, 0.6) is 0 Å². The molecule has 17 heavy (non-hydrogen) atoms. The summed E-state index contributed by atoms with van der Waals surface area (Å²) in [6.07, 6.45) is 10.3. The minimum Gasteiger partial charge on any atom is -0.330 e. The Bertz CT molecular complexity index is 243. The molecule has 4 fully saturated rings. The van der Waals surface area contributed by atoms with Crippen molar-refractivity contribution in [2.75, 3.05) is 6.54 Å². The number of rotatable bonds is 4. The van der Waals surface area contributed by atoms with Crippen LogP contribution in [0.2, 0.25) is 0 Å². The van der Waals surface area contributed by atoms with Gasteiger partial charge in [0.25, 0.3) is 0 Å². The van der Waals surface area contributed by atoms with Crippen molar-refractivity contribution >= 4 is 0 Å². The molecule has 0 unspecified atom stereocenters. The van der Waals surface area contributed by atoms with Crippen LogP contribution in [0, 0.1) is 35.0 Å². The molecule has 1 nitrogen and oxygen atoms in total. The maximum Gasteiger partial charge on any atom is -0.00179 e. The lowest BCUT2D eigenvalue weighted by molar-refractivity contribution is -0.0972. The lowest BCUT2D eigenvalue weighted by atomic mass is 9.46. The first-order valence-corrected chi connectivity index (χ1v) is 7.92. The van der Waals surface area contributed by atoms with Crippen LogP contribution in [0.15, 0.2) is 0 Å². The van der Waals surface area contributed by atoms with Crippen LogP contribution in [-0.2, 0) is 0 Å². The average Bonchev–Trinajstić information content (AvgIpc) is 2.33. The molecule has 0 aromatic heterocycles. The van der Waals surface area contributed by atoms with Gasteiger partial charge in [-0.3, -0.25) is 0 Å². The Balaban J connectivity index is 1.87. The molecule has 0 amide bonds. The molecule has 4 aliphatic carbocycles. The number of hydrogen-bond donors (Lipinski definition) is 1. The van der Waals surface area contributed by atoms with E-state index in [0.29, 0.717) is 5.41 Å². The Hall–Kier alpha value is -0.0400. The predicted octanol–water partition coefficient (Wildman–Crippen LogP) is 3.82. The van der Waals surface area contributed by atoms with E-state index in [4.69, 9.17) is 5.73 Å². The summed E-state index contributed by atoms with van der Waals surface area (Å²) in [7, 11) is 0. The molecule has 98 valence electrons. The standard InChI is InChI=1S/C16H29N/c1-3-16(4-2,10-17)15-13-6-11-5-12(8-13)9-14(15)7-11/h11-15H,3-10,17H2,1-2H3. The summed E-state index contributed by atoms with van der Waals surface area (Å²) >= 11 is 0. The van der Waals surface area contributed by atoms with E-state index in [1.165, 1.54) is 12.8 Å². The quantitative estimate of drug-likeness (QED) is 0.787. The van der Waals surface area contributed by atoms with Crippen molar-refractivity contribution in [1.29, 1.82) is 0 Å². The Labute approximate surface area is 107 Å². The first-order valence-electron chi connectivity index (χ1n) is 7.92. The summed E-state index contributed by atoms with van der Waals surface area (Å²) in [5.74, 6) is 5.23. The zero-order chi connectivity index (χ0) is 12.0. The van der Waals surface area contributed by atoms with Crippen molar-refractivity contribution in [1.82, 2.24) is 0 Å². The molecule has 4 saturated carbocycles. The number of hydrogen-bond acceptors (Lipinski definition) is 1. The molecule has 0 saturated heterocycles. The van der Waals surface area contributed by atoms with Crippen molar-refractivity contribution < 1.29 is 0 Å². The van der Waals surface area contributed by atoms with Gasteiger partial charge in [0.2, 0.25) is 0 Å². The minimum absolute atomic E-state index is 0.475. The van der Waals surface area contributed by atoms with Crippen LogP contribution in [0.4, 0.5) is 0 Å². The Kier molecular flexibility index (Phi) is 3.01. The Morgan fingerprint density at radius 3 is 1.71 bits per heavy atom. The van der Waals surface area contributed by atoms with Crippen LogP contribution >= 0.6 is 0 Å². The predicted molar refractivity (Wildman–Crippen MR) is 72.6 cm³/mol. The second kappa shape index (κ2) is 4.26. The molecule has 4 rings (SSSR count). The maximum atomic E-state index is 6.21. The molecule has 0 heterocycles. The van der Waals surface area contributed by atoms with E-state index in [1.807, 2.05) is 0 Å². The van der Waals surface area contributed by atoms with Crippen molar-refractivity contribution in [3.05, 3.63) is 0 Å². The van der Waals surface area contributed by atoms with Gasteiger partial charge in [0.15, 0.2) is 0 Å². The lowest BCUT2D eigenvalue weighted by Gasteiger charge is -2.60. The molecule has 4 bridgehead atoms. The highest BCUT2D eigenvalue weighted by molar-refractivity contribution is 5.04. The molecule has 2 N–H and O–H groups in total. The molecule has 0 spiro atoms. The second-order valence-corrected chi connectivity index (χ2v) is 7.23. The third-order valence-corrected chi connectivity index (χ3v) is 6.75. The van der Waals surface area contributed by atoms with E-state index in [9.17, 15) is 0 Å². The summed E-state index contributed by atoms with van der Waals surface area (Å²) < 4.78 is 0. The van der Waals surface area contributed by atoms with Crippen LogP contribution < -0.4 is 5.73 Å². The largest absolute Gasteiger partial charge is 0.330 e. The first kappa shape index (κ1) is 12.0. The fourth-order valence-electron chi connectivity index (χ4n) is 6.07. The average molecular weight is 235 g/mol. The van der Waals surface area contributed by atoms with Gasteiger partial charge < -0.3 is 5.73 Å². The molecule has 1 heteroatoms. The van der Waals surface area contributed by atoms with E-state index in [1.54, 1.807) is 32.1 Å². The van der Waals surface area contributed by atoms with Crippen LogP contribution in [0.25, 0.3) is 0 Å². The van der Waals surface area contributed by atoms with Gasteiger partial charge in [-0.25, -0.2) is 0 Å². The molecule has 4 aliphatic rings. The van der Waals surface area contributed by atoms with Crippen molar-refractivity contribution in [2.24, 2.45) is 40.7 Å². The van der Waals surface area contributed by atoms with E-state index < -0.39 is 0 Å². The fourth-order valence-corrected chi connectivity index (χ4v) is 6.07. The van der Waals surface area contributed by atoms with E-state index in [0.717, 1.165) is 36.1 Å². The zero-order valence-electron chi connectivity index (χ0n) is 11.6. The highest BCUT2D eigenvalue weighted by atomic mass is 14.7. The van der Waals surface area contributed by atoms with Gasteiger partial charge in [-0.15, -0.1) is 0 Å². The van der Waals surface area contributed by atoms with Gasteiger partial charge >= 0.3 is 0 Å². The minimum atomic E-state index is 0.475. The summed E-state index contributed by atoms with van der Waals surface area (Å²) in [5, 5.41) is 0. The van der Waals surface area contributed by atoms with E-state index in [-0.39, 0.29) is 0 Å². The second-order valence-electron chi connectivity index (χ2n) is 7.23. The van der Waals surface area contributed by atoms with Gasteiger partial charge in [-0.05, 0) is 86.5 Å². The van der Waals surface area contributed by atoms with Gasteiger partial charge in [-0.1, -0.05) is 13.8 Å². The third kappa shape index (κ3) is 1.69. The van der Waals surface area contributed by atoms with Crippen LogP contribution in [0.3, 0.4) is 0 Å². The Morgan fingerprint density at radius 2 is 1.35 bits per heavy atom. The van der Waals surface area contributed by atoms with E-state index >= 15 is 0 Å². The van der Waals surface area contributed by atoms with E-state index in [2.05, 4.69) is 13.8 Å². The smallest absolute Gasteiger partial charge is 0.00179 e.